The Kier molecular flexibility index (Phi) is 6.06. The van der Waals surface area contributed by atoms with Gasteiger partial charge in [0.05, 0.1) is 0 Å². The molecule has 0 bridgehead atoms. The molecule has 0 aromatic heterocycles. The zero-order valence-electron chi connectivity index (χ0n) is 8.42. The number of rotatable bonds is 0. The van der Waals surface area contributed by atoms with Gasteiger partial charge in [0.25, 0.3) is 0 Å². The predicted octanol–water partition coefficient (Wildman–Crippen LogP) is 2.47. The highest BCUT2D eigenvalue weighted by Gasteiger charge is 2.20. The van der Waals surface area contributed by atoms with E-state index in [1.807, 2.05) is 13.8 Å². The Labute approximate surface area is 75.5 Å². The van der Waals surface area contributed by atoms with E-state index < -0.39 is 0 Å². The molecule has 1 saturated heterocycles. The smallest absolute Gasteiger partial charge is 0.0158 e. The number of hydrogen-bond acceptors (Lipinski definition) is 2. The fraction of sp³-hybridized carbons (Fsp3) is 1.00. The fourth-order valence-corrected chi connectivity index (χ4v) is 2.37. The Morgan fingerprint density at radius 2 is 1.45 bits per heavy atom. The largest absolute Gasteiger partial charge is 0.299 e. The zero-order valence-corrected chi connectivity index (χ0v) is 9.24. The highest BCUT2D eigenvalue weighted by atomic mass is 32.2. The van der Waals surface area contributed by atoms with Crippen molar-refractivity contribution in [2.75, 3.05) is 18.6 Å². The van der Waals surface area contributed by atoms with E-state index in [2.05, 4.69) is 37.6 Å². The maximum atomic E-state index is 2.45. The third kappa shape index (κ3) is 3.48. The molecule has 2 atom stereocenters. The van der Waals surface area contributed by atoms with Crippen molar-refractivity contribution in [2.24, 2.45) is 0 Å². The second kappa shape index (κ2) is 5.90. The topological polar surface area (TPSA) is 3.24 Å². The van der Waals surface area contributed by atoms with Crippen molar-refractivity contribution in [1.82, 2.24) is 4.90 Å². The van der Waals surface area contributed by atoms with Crippen molar-refractivity contribution in [1.29, 1.82) is 0 Å². The summed E-state index contributed by atoms with van der Waals surface area (Å²) in [4.78, 5) is 2.45. The summed E-state index contributed by atoms with van der Waals surface area (Å²) in [5.41, 5.74) is 0. The van der Waals surface area contributed by atoms with Crippen LogP contribution in [0.1, 0.15) is 27.7 Å². The number of thioether (sulfide) groups is 1. The van der Waals surface area contributed by atoms with Crippen molar-refractivity contribution in [3.8, 4) is 0 Å². The van der Waals surface area contributed by atoms with Crippen LogP contribution in [0.5, 0.6) is 0 Å². The van der Waals surface area contributed by atoms with Gasteiger partial charge in [0.2, 0.25) is 0 Å². The third-order valence-electron chi connectivity index (χ3n) is 2.11. The van der Waals surface area contributed by atoms with Crippen molar-refractivity contribution < 1.29 is 0 Å². The van der Waals surface area contributed by atoms with Crippen molar-refractivity contribution in [2.45, 2.75) is 39.8 Å². The van der Waals surface area contributed by atoms with E-state index in [1.165, 1.54) is 11.5 Å². The van der Waals surface area contributed by atoms with Crippen LogP contribution in [0, 0.1) is 0 Å². The molecular weight excluding hydrogens is 154 g/mol. The first-order chi connectivity index (χ1) is 5.22. The molecule has 1 aliphatic rings. The molecule has 0 saturated carbocycles. The summed E-state index contributed by atoms with van der Waals surface area (Å²) >= 11 is 2.07. The van der Waals surface area contributed by atoms with Gasteiger partial charge >= 0.3 is 0 Å². The summed E-state index contributed by atoms with van der Waals surface area (Å²) in [6, 6.07) is 1.55. The van der Waals surface area contributed by atoms with Crippen LogP contribution in [0.15, 0.2) is 0 Å². The molecule has 1 rings (SSSR count). The Morgan fingerprint density at radius 1 is 1.09 bits per heavy atom. The fourth-order valence-electron chi connectivity index (χ4n) is 1.08. The summed E-state index contributed by atoms with van der Waals surface area (Å²) < 4.78 is 0. The lowest BCUT2D eigenvalue weighted by Gasteiger charge is -2.35. The van der Waals surface area contributed by atoms with Gasteiger partial charge in [0, 0.05) is 23.6 Å². The molecule has 0 aromatic rings. The molecule has 0 N–H and O–H groups in total. The first-order valence-electron chi connectivity index (χ1n) is 4.51. The lowest BCUT2D eigenvalue weighted by molar-refractivity contribution is 0.220. The van der Waals surface area contributed by atoms with Crippen molar-refractivity contribution in [3.63, 3.8) is 0 Å². The molecule has 0 spiro atoms. The van der Waals surface area contributed by atoms with Crippen molar-refractivity contribution >= 4 is 11.8 Å². The molecule has 1 aliphatic heterocycles. The minimum atomic E-state index is 0.777. The first kappa shape index (κ1) is 11.3. The molecule has 2 heteroatoms. The minimum Gasteiger partial charge on any atom is -0.299 e. The molecule has 0 aromatic carbocycles. The van der Waals surface area contributed by atoms with E-state index in [4.69, 9.17) is 0 Å². The second-order valence-corrected chi connectivity index (χ2v) is 3.98. The molecule has 0 radical (unpaired) electrons. The summed E-state index contributed by atoms with van der Waals surface area (Å²) in [5, 5.41) is 0. The summed E-state index contributed by atoms with van der Waals surface area (Å²) in [7, 11) is 2.22. The number of hydrogen-bond donors (Lipinski definition) is 0. The minimum absolute atomic E-state index is 0.777. The van der Waals surface area contributed by atoms with Crippen molar-refractivity contribution in [3.05, 3.63) is 0 Å². The van der Waals surface area contributed by atoms with Gasteiger partial charge in [-0.3, -0.25) is 4.90 Å². The van der Waals surface area contributed by atoms with Crippen LogP contribution >= 0.6 is 11.8 Å². The molecule has 0 aliphatic carbocycles. The van der Waals surface area contributed by atoms with E-state index in [9.17, 15) is 0 Å². The molecule has 1 fully saturated rings. The Bertz CT molecular complexity index is 85.6. The van der Waals surface area contributed by atoms with E-state index in [0.717, 1.165) is 12.1 Å². The maximum absolute atomic E-state index is 2.45. The van der Waals surface area contributed by atoms with E-state index in [1.54, 1.807) is 0 Å². The lowest BCUT2D eigenvalue weighted by atomic mass is 10.2. The average molecular weight is 175 g/mol. The Balaban J connectivity index is 0.000000461. The van der Waals surface area contributed by atoms with E-state index in [-0.39, 0.29) is 0 Å². The van der Waals surface area contributed by atoms with Gasteiger partial charge in [-0.05, 0) is 20.9 Å². The number of nitrogens with zero attached hydrogens (tertiary/aromatic N) is 1. The van der Waals surface area contributed by atoms with Gasteiger partial charge in [-0.15, -0.1) is 0 Å². The lowest BCUT2D eigenvalue weighted by Crippen LogP contribution is -2.43. The molecule has 11 heavy (non-hydrogen) atoms. The molecule has 68 valence electrons. The molecule has 1 heterocycles. The van der Waals surface area contributed by atoms with Crippen LogP contribution < -0.4 is 0 Å². The normalized spacial score (nSPS) is 32.5. The summed E-state index contributed by atoms with van der Waals surface area (Å²) in [6.45, 7) is 8.59. The van der Waals surface area contributed by atoms with Crippen LogP contribution in [0.25, 0.3) is 0 Å². The van der Waals surface area contributed by atoms with Gasteiger partial charge in [-0.2, -0.15) is 11.8 Å². The maximum Gasteiger partial charge on any atom is 0.0158 e. The summed E-state index contributed by atoms with van der Waals surface area (Å²) in [5.74, 6) is 2.61. The quantitative estimate of drug-likeness (QED) is 0.556. The van der Waals surface area contributed by atoms with Crippen LogP contribution in [-0.4, -0.2) is 35.5 Å². The van der Waals surface area contributed by atoms with Crippen LogP contribution in [0.2, 0.25) is 0 Å². The standard InChI is InChI=1S/C7H15NS.C2H6/c1-6-4-9-5-7(2)8(6)3;1-2/h6-7H,4-5H2,1-3H3;1-2H3. The highest BCUT2D eigenvalue weighted by molar-refractivity contribution is 7.99. The average Bonchev–Trinajstić information content (AvgIpc) is 2.04. The molecule has 1 nitrogen and oxygen atoms in total. The Morgan fingerprint density at radius 3 is 1.73 bits per heavy atom. The second-order valence-electron chi connectivity index (χ2n) is 2.90. The summed E-state index contributed by atoms with van der Waals surface area (Å²) in [6.07, 6.45) is 0. The van der Waals surface area contributed by atoms with Gasteiger partial charge in [-0.1, -0.05) is 13.8 Å². The molecular formula is C9H21NS. The van der Waals surface area contributed by atoms with Gasteiger partial charge in [0.15, 0.2) is 0 Å². The van der Waals surface area contributed by atoms with Gasteiger partial charge in [-0.25, -0.2) is 0 Å². The molecule has 0 amide bonds. The van der Waals surface area contributed by atoms with Crippen LogP contribution in [-0.2, 0) is 0 Å². The zero-order chi connectivity index (χ0) is 8.85. The Hall–Kier alpha value is 0.310. The van der Waals surface area contributed by atoms with Gasteiger partial charge < -0.3 is 0 Å². The highest BCUT2D eigenvalue weighted by Crippen LogP contribution is 2.18. The van der Waals surface area contributed by atoms with Crippen LogP contribution in [0.4, 0.5) is 0 Å². The van der Waals surface area contributed by atoms with E-state index in [0.29, 0.717) is 0 Å². The molecule has 2 unspecified atom stereocenters. The van der Waals surface area contributed by atoms with Crippen LogP contribution in [0.3, 0.4) is 0 Å². The third-order valence-corrected chi connectivity index (χ3v) is 3.54. The first-order valence-corrected chi connectivity index (χ1v) is 5.67. The van der Waals surface area contributed by atoms with Gasteiger partial charge in [0.1, 0.15) is 0 Å². The predicted molar refractivity (Wildman–Crippen MR) is 55.4 cm³/mol. The van der Waals surface area contributed by atoms with E-state index >= 15 is 0 Å². The monoisotopic (exact) mass is 175 g/mol. The SMILES string of the molecule is CC.CC1CSCC(C)N1C.